The molecule has 0 spiro atoms. The number of ether oxygens (including phenoxy) is 2. The molecule has 4 heterocycles. The number of carbonyl (C=O) groups is 2. The number of para-hydroxylation sites is 1. The van der Waals surface area contributed by atoms with Crippen LogP contribution in [-0.2, 0) is 9.53 Å². The van der Waals surface area contributed by atoms with E-state index in [4.69, 9.17) is 18.3 Å². The number of esters is 1. The Morgan fingerprint density at radius 1 is 0.875 bits per heavy atom. The molecule has 40 heavy (non-hydrogen) atoms. The molecule has 11 heteroatoms. The highest BCUT2D eigenvalue weighted by Crippen LogP contribution is 2.33. The third-order valence-corrected chi connectivity index (χ3v) is 6.63. The van der Waals surface area contributed by atoms with Gasteiger partial charge in [0.2, 0.25) is 0 Å². The molecule has 6 rings (SSSR count). The number of nitrogens with one attached hydrogen (secondary N) is 1. The van der Waals surface area contributed by atoms with Gasteiger partial charge in [-0.1, -0.05) is 12.1 Å². The van der Waals surface area contributed by atoms with Crippen LogP contribution in [0, 0.1) is 0 Å². The minimum absolute atomic E-state index is 0.221. The summed E-state index contributed by atoms with van der Waals surface area (Å²) in [6, 6.07) is 19.3. The predicted octanol–water partition coefficient (Wildman–Crippen LogP) is 6.08. The maximum atomic E-state index is 12.8. The Labute approximate surface area is 231 Å². The molecule has 0 saturated heterocycles. The summed E-state index contributed by atoms with van der Waals surface area (Å²) in [6.07, 6.45) is 3.09. The van der Waals surface area contributed by atoms with Gasteiger partial charge >= 0.3 is 5.97 Å². The summed E-state index contributed by atoms with van der Waals surface area (Å²) < 4.78 is 21.7. The topological polar surface area (TPSA) is 130 Å². The molecule has 0 aliphatic rings. The van der Waals surface area contributed by atoms with Gasteiger partial charge in [-0.25, -0.2) is 19.7 Å². The number of fused-ring (bicyclic) bond motifs is 1. The lowest BCUT2D eigenvalue weighted by molar-refractivity contribution is -0.119. The lowest BCUT2D eigenvalue weighted by Crippen LogP contribution is -2.20. The number of methoxy groups -OCH3 is 1. The second kappa shape index (κ2) is 10.8. The van der Waals surface area contributed by atoms with Crippen molar-refractivity contribution in [3.8, 4) is 39.9 Å². The first-order valence-corrected chi connectivity index (χ1v) is 12.9. The standard InChI is InChI=1S/C29H20N4O6S/c1-36-22-7-3-2-6-18(22)21-16-40-29(32-21)33-25(34)15-39-28(35)17-10-11-19-20(14-17)31-27(24-9-5-13-38-24)26(30-19)23-8-4-12-37-23/h2-14,16H,15H2,1H3,(H,32,33,34). The average Bonchev–Trinajstić information content (AvgIpc) is 3.78. The molecule has 0 unspecified atom stereocenters. The molecule has 2 aromatic carbocycles. The molecule has 0 aliphatic carbocycles. The number of benzene rings is 2. The Bertz CT molecular complexity index is 1810. The molecular formula is C29H20N4O6S. The van der Waals surface area contributed by atoms with Crippen LogP contribution in [0.5, 0.6) is 5.75 Å². The van der Waals surface area contributed by atoms with E-state index in [0.717, 1.165) is 5.56 Å². The van der Waals surface area contributed by atoms with Gasteiger partial charge in [0, 0.05) is 10.9 Å². The Kier molecular flexibility index (Phi) is 6.77. The number of thiazole rings is 1. The zero-order valence-corrected chi connectivity index (χ0v) is 21.8. The highest BCUT2D eigenvalue weighted by atomic mass is 32.1. The third kappa shape index (κ3) is 5.05. The van der Waals surface area contributed by atoms with Gasteiger partial charge in [0.1, 0.15) is 17.1 Å². The molecule has 4 aromatic heterocycles. The maximum Gasteiger partial charge on any atom is 0.338 e. The number of hydrogen-bond acceptors (Lipinski definition) is 10. The molecule has 198 valence electrons. The number of anilines is 1. The summed E-state index contributed by atoms with van der Waals surface area (Å²) in [5.74, 6) is 0.514. The molecule has 0 saturated carbocycles. The van der Waals surface area contributed by atoms with Crippen molar-refractivity contribution in [2.24, 2.45) is 0 Å². The fourth-order valence-electron chi connectivity index (χ4n) is 4.03. The minimum atomic E-state index is -0.678. The second-order valence-corrected chi connectivity index (χ2v) is 9.30. The number of aromatic nitrogens is 3. The summed E-state index contributed by atoms with van der Waals surface area (Å²) in [5, 5.41) is 4.84. The van der Waals surface area contributed by atoms with E-state index in [2.05, 4.69) is 20.3 Å². The van der Waals surface area contributed by atoms with Crippen molar-refractivity contribution in [3.63, 3.8) is 0 Å². The lowest BCUT2D eigenvalue weighted by Gasteiger charge is -2.08. The molecule has 0 aliphatic heterocycles. The number of amides is 1. The van der Waals surface area contributed by atoms with E-state index < -0.39 is 18.5 Å². The van der Waals surface area contributed by atoms with Crippen LogP contribution in [0.2, 0.25) is 0 Å². The van der Waals surface area contributed by atoms with E-state index in [0.29, 0.717) is 50.5 Å². The Morgan fingerprint density at radius 2 is 1.60 bits per heavy atom. The van der Waals surface area contributed by atoms with E-state index in [1.54, 1.807) is 55.8 Å². The van der Waals surface area contributed by atoms with Crippen LogP contribution in [0.3, 0.4) is 0 Å². The first kappa shape index (κ1) is 25.0. The van der Waals surface area contributed by atoms with Crippen molar-refractivity contribution < 1.29 is 27.9 Å². The highest BCUT2D eigenvalue weighted by molar-refractivity contribution is 7.14. The van der Waals surface area contributed by atoms with Gasteiger partial charge in [-0.05, 0) is 54.6 Å². The van der Waals surface area contributed by atoms with E-state index in [-0.39, 0.29) is 5.56 Å². The maximum absolute atomic E-state index is 12.8. The number of hydrogen-bond donors (Lipinski definition) is 1. The Morgan fingerprint density at radius 3 is 2.30 bits per heavy atom. The lowest BCUT2D eigenvalue weighted by atomic mass is 10.1. The van der Waals surface area contributed by atoms with Gasteiger partial charge in [-0.3, -0.25) is 10.1 Å². The van der Waals surface area contributed by atoms with Gasteiger partial charge in [0.05, 0.1) is 41.9 Å². The fourth-order valence-corrected chi connectivity index (χ4v) is 4.76. The van der Waals surface area contributed by atoms with Crippen molar-refractivity contribution in [2.45, 2.75) is 0 Å². The van der Waals surface area contributed by atoms with Gasteiger partial charge in [-0.15, -0.1) is 11.3 Å². The zero-order valence-electron chi connectivity index (χ0n) is 21.0. The smallest absolute Gasteiger partial charge is 0.338 e. The van der Waals surface area contributed by atoms with Gasteiger partial charge in [0.25, 0.3) is 5.91 Å². The Balaban J connectivity index is 1.16. The monoisotopic (exact) mass is 552 g/mol. The van der Waals surface area contributed by atoms with Crippen molar-refractivity contribution in [1.29, 1.82) is 0 Å². The predicted molar refractivity (Wildman–Crippen MR) is 148 cm³/mol. The molecule has 0 atom stereocenters. The van der Waals surface area contributed by atoms with Gasteiger partial charge in [0.15, 0.2) is 23.3 Å². The summed E-state index contributed by atoms with van der Waals surface area (Å²) in [6.45, 7) is -0.485. The summed E-state index contributed by atoms with van der Waals surface area (Å²) in [5.41, 5.74) is 3.66. The van der Waals surface area contributed by atoms with Crippen LogP contribution in [0.4, 0.5) is 5.13 Å². The van der Waals surface area contributed by atoms with Gasteiger partial charge in [-0.2, -0.15) is 0 Å². The van der Waals surface area contributed by atoms with Crippen LogP contribution in [-0.4, -0.2) is 40.5 Å². The molecule has 6 aromatic rings. The second-order valence-electron chi connectivity index (χ2n) is 8.44. The number of rotatable bonds is 8. The van der Waals surface area contributed by atoms with Crippen LogP contribution in [0.15, 0.2) is 93.5 Å². The molecule has 1 amide bonds. The van der Waals surface area contributed by atoms with Crippen LogP contribution < -0.4 is 10.1 Å². The molecule has 0 radical (unpaired) electrons. The molecule has 0 bridgehead atoms. The van der Waals surface area contributed by atoms with Gasteiger partial charge < -0.3 is 18.3 Å². The average molecular weight is 553 g/mol. The van der Waals surface area contributed by atoms with Crippen LogP contribution >= 0.6 is 11.3 Å². The number of carbonyl (C=O) groups excluding carboxylic acids is 2. The van der Waals surface area contributed by atoms with Crippen LogP contribution in [0.25, 0.3) is 45.2 Å². The summed E-state index contributed by atoms with van der Waals surface area (Å²) in [7, 11) is 1.58. The number of furan rings is 2. The van der Waals surface area contributed by atoms with E-state index in [1.165, 1.54) is 17.6 Å². The highest BCUT2D eigenvalue weighted by Gasteiger charge is 2.19. The summed E-state index contributed by atoms with van der Waals surface area (Å²) >= 11 is 1.26. The first-order valence-electron chi connectivity index (χ1n) is 12.0. The van der Waals surface area contributed by atoms with Crippen molar-refractivity contribution in [3.05, 3.63) is 90.2 Å². The minimum Gasteiger partial charge on any atom is -0.496 e. The SMILES string of the molecule is COc1ccccc1-c1csc(NC(=O)COC(=O)c2ccc3nc(-c4ccco4)c(-c4ccco4)nc3c2)n1. The fraction of sp³-hybridized carbons (Fsp3) is 0.0690. The molecule has 10 nitrogen and oxygen atoms in total. The van der Waals surface area contributed by atoms with Crippen molar-refractivity contribution in [2.75, 3.05) is 19.0 Å². The van der Waals surface area contributed by atoms with E-state index in [9.17, 15) is 9.59 Å². The summed E-state index contributed by atoms with van der Waals surface area (Å²) in [4.78, 5) is 39.0. The largest absolute Gasteiger partial charge is 0.496 e. The van der Waals surface area contributed by atoms with Crippen LogP contribution in [0.1, 0.15) is 10.4 Å². The first-order chi connectivity index (χ1) is 19.6. The zero-order chi connectivity index (χ0) is 27.5. The molecule has 0 fully saturated rings. The van der Waals surface area contributed by atoms with E-state index >= 15 is 0 Å². The third-order valence-electron chi connectivity index (χ3n) is 5.88. The van der Waals surface area contributed by atoms with E-state index in [1.807, 2.05) is 29.6 Å². The Hall–Kier alpha value is -5.29. The molecular weight excluding hydrogens is 532 g/mol. The molecule has 1 N–H and O–H groups in total. The number of nitrogens with zero attached hydrogens (tertiary/aromatic N) is 3. The normalized spacial score (nSPS) is 10.9. The van der Waals surface area contributed by atoms with Crippen molar-refractivity contribution in [1.82, 2.24) is 15.0 Å². The van der Waals surface area contributed by atoms with Crippen molar-refractivity contribution >= 4 is 39.4 Å². The quantitative estimate of drug-likeness (QED) is 0.223.